The number of nitrogens with one attached hydrogen (secondary N) is 4. The number of carbonyl (C=O) groups excluding carboxylic acids is 7. The summed E-state index contributed by atoms with van der Waals surface area (Å²) in [5, 5.41) is 10.5. The number of rotatable bonds is 19. The number of amides is 5. The van der Waals surface area contributed by atoms with Gasteiger partial charge in [-0.05, 0) is 55.9 Å². The summed E-state index contributed by atoms with van der Waals surface area (Å²) in [6.45, 7) is 8.82. The van der Waals surface area contributed by atoms with Crippen molar-refractivity contribution >= 4 is 41.5 Å². The summed E-state index contributed by atoms with van der Waals surface area (Å²) in [6, 6.07) is 5.18. The first-order valence-electron chi connectivity index (χ1n) is 18.4. The molecule has 1 aromatic carbocycles. The predicted molar refractivity (Wildman–Crippen MR) is 192 cm³/mol. The van der Waals surface area contributed by atoms with E-state index in [4.69, 9.17) is 9.47 Å². The van der Waals surface area contributed by atoms with Crippen LogP contribution in [0.4, 0.5) is 4.79 Å². The van der Waals surface area contributed by atoms with Crippen LogP contribution in [-0.2, 0) is 44.8 Å². The van der Waals surface area contributed by atoms with Gasteiger partial charge in [0.05, 0.1) is 6.04 Å². The molecular formula is C38H55N5O9. The van der Waals surface area contributed by atoms with Gasteiger partial charge in [0.15, 0.2) is 0 Å². The van der Waals surface area contributed by atoms with E-state index < -0.39 is 72.2 Å². The fourth-order valence-electron chi connectivity index (χ4n) is 6.62. The number of alkyl carbamates (subject to hydrolysis) is 1. The van der Waals surface area contributed by atoms with Crippen LogP contribution in [0.15, 0.2) is 43.0 Å². The number of ether oxygens (including phenoxy) is 2. The molecule has 1 saturated heterocycles. The van der Waals surface area contributed by atoms with Gasteiger partial charge in [-0.25, -0.2) is 4.79 Å². The van der Waals surface area contributed by atoms with Crippen molar-refractivity contribution in [1.29, 1.82) is 0 Å². The van der Waals surface area contributed by atoms with Crippen molar-refractivity contribution in [3.05, 3.63) is 48.6 Å². The van der Waals surface area contributed by atoms with E-state index in [2.05, 4.69) is 27.8 Å². The Kier molecular flexibility index (Phi) is 17.3. The van der Waals surface area contributed by atoms with Crippen LogP contribution >= 0.6 is 0 Å². The molecule has 0 spiro atoms. The molecule has 0 bridgehead atoms. The Labute approximate surface area is 306 Å². The average Bonchev–Trinajstić information content (AvgIpc) is 3.64. The number of hydrogen-bond acceptors (Lipinski definition) is 9. The van der Waals surface area contributed by atoms with Gasteiger partial charge in [0.25, 0.3) is 5.91 Å². The van der Waals surface area contributed by atoms with Crippen molar-refractivity contribution in [2.24, 2.45) is 11.8 Å². The molecular weight excluding hydrogens is 670 g/mol. The highest BCUT2D eigenvalue weighted by Gasteiger charge is 2.42. The molecule has 14 heteroatoms. The van der Waals surface area contributed by atoms with E-state index in [9.17, 15) is 33.6 Å². The monoisotopic (exact) mass is 725 g/mol. The first kappa shape index (κ1) is 41.7. The molecule has 1 aliphatic heterocycles. The molecule has 0 aromatic heterocycles. The van der Waals surface area contributed by atoms with Crippen LogP contribution in [0.25, 0.3) is 0 Å². The smallest absolute Gasteiger partial charge is 0.408 e. The van der Waals surface area contributed by atoms with Crippen molar-refractivity contribution in [2.45, 2.75) is 116 Å². The van der Waals surface area contributed by atoms with Gasteiger partial charge in [0.2, 0.25) is 23.5 Å². The summed E-state index contributed by atoms with van der Waals surface area (Å²) in [5.41, 5.74) is 0.796. The molecule has 3 rings (SSSR count). The third-order valence-corrected chi connectivity index (χ3v) is 9.24. The van der Waals surface area contributed by atoms with Crippen LogP contribution < -0.4 is 21.3 Å². The molecule has 4 unspecified atom stereocenters. The first-order chi connectivity index (χ1) is 24.9. The fourth-order valence-corrected chi connectivity index (χ4v) is 6.62. The molecule has 2 fully saturated rings. The van der Waals surface area contributed by atoms with Crippen LogP contribution in [0.3, 0.4) is 0 Å². The lowest BCUT2D eigenvalue weighted by Crippen LogP contribution is -2.60. The number of likely N-dealkylation sites (tertiary alicyclic amines) is 1. The van der Waals surface area contributed by atoms with E-state index in [1.54, 1.807) is 6.92 Å². The van der Waals surface area contributed by atoms with Crippen molar-refractivity contribution in [3.8, 4) is 0 Å². The number of benzene rings is 1. The Morgan fingerprint density at radius 1 is 0.904 bits per heavy atom. The van der Waals surface area contributed by atoms with Crippen LogP contribution in [0.5, 0.6) is 0 Å². The Balaban J connectivity index is 1.72. The SMILES string of the molecule is C=CCOC(=O)CNC(=O)C(=O)C(CCC)NC(=O)C1CCCN1C(=O)C(NC(=O)C(CC(C)C)NC(=O)OCc1ccccc1)C1CCCCC1. The van der Waals surface area contributed by atoms with Crippen molar-refractivity contribution < 1.29 is 43.0 Å². The number of carbonyl (C=O) groups is 7. The second-order valence-corrected chi connectivity index (χ2v) is 13.8. The van der Waals surface area contributed by atoms with E-state index in [-0.39, 0.29) is 38.0 Å². The van der Waals surface area contributed by atoms with Gasteiger partial charge < -0.3 is 35.6 Å². The summed E-state index contributed by atoms with van der Waals surface area (Å²) in [7, 11) is 0. The molecule has 2 aliphatic rings. The topological polar surface area (TPSA) is 189 Å². The van der Waals surface area contributed by atoms with Crippen LogP contribution in [0.1, 0.15) is 90.5 Å². The maximum atomic E-state index is 14.3. The summed E-state index contributed by atoms with van der Waals surface area (Å²) >= 11 is 0. The third kappa shape index (κ3) is 13.1. The van der Waals surface area contributed by atoms with Crippen molar-refractivity contribution in [1.82, 2.24) is 26.2 Å². The minimum absolute atomic E-state index is 0.0321. The summed E-state index contributed by atoms with van der Waals surface area (Å²) < 4.78 is 10.2. The number of esters is 1. The highest BCUT2D eigenvalue weighted by molar-refractivity contribution is 6.38. The first-order valence-corrected chi connectivity index (χ1v) is 18.4. The Bertz CT molecular complexity index is 1400. The largest absolute Gasteiger partial charge is 0.460 e. The molecule has 0 radical (unpaired) electrons. The summed E-state index contributed by atoms with van der Waals surface area (Å²) in [4.78, 5) is 93.5. The number of nitrogens with zero attached hydrogens (tertiary/aromatic N) is 1. The second-order valence-electron chi connectivity index (χ2n) is 13.8. The Morgan fingerprint density at radius 2 is 1.62 bits per heavy atom. The molecule has 1 aromatic rings. The zero-order valence-electron chi connectivity index (χ0n) is 30.7. The normalized spacial score (nSPS) is 17.6. The quantitative estimate of drug-likeness (QED) is 0.0944. The standard InChI is InChI=1S/C38H55N5O9/c1-5-14-28(33(45)36(48)39-23-31(44)51-21-6-2)40-35(47)30-19-13-20-43(30)37(49)32(27-17-11-8-12-18-27)42-34(46)29(22-25(3)4)41-38(50)52-24-26-15-9-7-10-16-26/h6-7,9-10,15-16,25,27-30,32H,2,5,8,11-14,17-24H2,1,3-4H3,(H,39,48)(H,40,47)(H,41,50)(H,42,46). The lowest BCUT2D eigenvalue weighted by Gasteiger charge is -2.35. The van der Waals surface area contributed by atoms with Gasteiger partial charge in [0.1, 0.15) is 37.9 Å². The van der Waals surface area contributed by atoms with Crippen LogP contribution in [0, 0.1) is 11.8 Å². The highest BCUT2D eigenvalue weighted by atomic mass is 16.5. The number of hydrogen-bond donors (Lipinski definition) is 4. The lowest BCUT2D eigenvalue weighted by atomic mass is 9.83. The van der Waals surface area contributed by atoms with Crippen LogP contribution in [0.2, 0.25) is 0 Å². The van der Waals surface area contributed by atoms with Gasteiger partial charge in [0, 0.05) is 6.54 Å². The molecule has 4 atom stereocenters. The lowest BCUT2D eigenvalue weighted by molar-refractivity contribution is -0.146. The number of Topliss-reactive ketones (excluding diaryl/α,β-unsaturated/α-hetero) is 1. The van der Waals surface area contributed by atoms with E-state index in [0.717, 1.165) is 24.8 Å². The molecule has 4 N–H and O–H groups in total. The van der Waals surface area contributed by atoms with Gasteiger partial charge in [-0.3, -0.25) is 28.8 Å². The highest BCUT2D eigenvalue weighted by Crippen LogP contribution is 2.29. The van der Waals surface area contributed by atoms with Crippen molar-refractivity contribution in [2.75, 3.05) is 19.7 Å². The van der Waals surface area contributed by atoms with Gasteiger partial charge in [-0.15, -0.1) is 0 Å². The van der Waals surface area contributed by atoms with E-state index in [1.807, 2.05) is 44.2 Å². The molecule has 1 heterocycles. The third-order valence-electron chi connectivity index (χ3n) is 9.24. The zero-order chi connectivity index (χ0) is 38.0. The average molecular weight is 726 g/mol. The Morgan fingerprint density at radius 3 is 2.27 bits per heavy atom. The minimum atomic E-state index is -1.17. The minimum Gasteiger partial charge on any atom is -0.460 e. The Hall–Kier alpha value is -4.75. The van der Waals surface area contributed by atoms with Gasteiger partial charge in [-0.2, -0.15) is 0 Å². The maximum absolute atomic E-state index is 14.3. The zero-order valence-corrected chi connectivity index (χ0v) is 30.7. The molecule has 14 nitrogen and oxygen atoms in total. The molecule has 52 heavy (non-hydrogen) atoms. The fraction of sp³-hybridized carbons (Fsp3) is 0.605. The number of ketones is 1. The molecule has 1 saturated carbocycles. The molecule has 286 valence electrons. The predicted octanol–water partition coefficient (Wildman–Crippen LogP) is 3.08. The molecule has 1 aliphatic carbocycles. The second kappa shape index (κ2) is 21.6. The van der Waals surface area contributed by atoms with E-state index >= 15 is 0 Å². The van der Waals surface area contributed by atoms with E-state index in [1.165, 1.54) is 11.0 Å². The van der Waals surface area contributed by atoms with Crippen molar-refractivity contribution in [3.63, 3.8) is 0 Å². The van der Waals surface area contributed by atoms with Gasteiger partial charge >= 0.3 is 12.1 Å². The summed E-state index contributed by atoms with van der Waals surface area (Å²) in [6.07, 6.45) is 6.65. The van der Waals surface area contributed by atoms with E-state index in [0.29, 0.717) is 38.5 Å². The van der Waals surface area contributed by atoms with Gasteiger partial charge in [-0.1, -0.05) is 89.4 Å². The maximum Gasteiger partial charge on any atom is 0.408 e. The molecule has 5 amide bonds. The van der Waals surface area contributed by atoms with Crippen LogP contribution in [-0.4, -0.2) is 90.2 Å². The summed E-state index contributed by atoms with van der Waals surface area (Å²) in [5.74, 6) is -4.33.